The molecule has 29 heteroatoms. The molecule has 10 heterocycles. The molecule has 29 nitrogen and oxygen atoms in total. The van der Waals surface area contributed by atoms with Crippen LogP contribution in [0.2, 0.25) is 0 Å². The number of aliphatic hydroxyl groups is 4. The molecule has 0 amide bonds. The van der Waals surface area contributed by atoms with Gasteiger partial charge < -0.3 is 122 Å². The van der Waals surface area contributed by atoms with Gasteiger partial charge in [0.1, 0.15) is 74.1 Å². The fraction of sp³-hybridized carbons (Fsp3) is 0.435. The summed E-state index contributed by atoms with van der Waals surface area (Å²) in [5.74, 6) is 4.89. The van der Waals surface area contributed by atoms with Crippen molar-refractivity contribution in [1.82, 2.24) is 54.0 Å². The molecular weight excluding hydrogens is 1450 g/mol. The maximum atomic E-state index is 9.00. The molecule has 0 aliphatic carbocycles. The Morgan fingerprint density at radius 3 is 1.04 bits per heavy atom. The normalized spacial score (nSPS) is 15.1. The summed E-state index contributed by atoms with van der Waals surface area (Å²) in [7, 11) is 0. The minimum atomic E-state index is -0.0351. The van der Waals surface area contributed by atoms with Gasteiger partial charge in [-0.3, -0.25) is 24.5 Å². The summed E-state index contributed by atoms with van der Waals surface area (Å²) >= 11 is 0. The smallest absolute Gasteiger partial charge is 0.143 e. The molecule has 0 saturated carbocycles. The van der Waals surface area contributed by atoms with Crippen LogP contribution in [-0.2, 0) is 16.0 Å². The molecular formula is C85H119N17O12. The summed E-state index contributed by atoms with van der Waals surface area (Å²) in [6.07, 6.45) is 11.5. The number of hydrogen-bond donors (Lipinski definition) is 15. The number of H-pyrrole nitrogens is 5. The second-order valence-corrected chi connectivity index (χ2v) is 28.7. The molecule has 114 heavy (non-hydrogen) atoms. The maximum absolute atomic E-state index is 9.00. The van der Waals surface area contributed by atoms with Gasteiger partial charge in [-0.1, -0.05) is 6.42 Å². The molecule has 4 aliphatic rings. The number of nitrogen functional groups attached to an aromatic ring is 6. The molecule has 6 aromatic carbocycles. The Balaban J connectivity index is 0.000000136. The number of nitrogens with zero attached hydrogens (tertiary/aromatic N) is 6. The molecule has 16 rings (SSSR count). The highest BCUT2D eigenvalue weighted by atomic mass is 16.5. The van der Waals surface area contributed by atoms with Crippen LogP contribution in [0.25, 0.3) is 65.4 Å². The first-order valence-corrected chi connectivity index (χ1v) is 39.7. The van der Waals surface area contributed by atoms with Crippen LogP contribution in [-0.4, -0.2) is 265 Å². The van der Waals surface area contributed by atoms with Crippen LogP contribution in [0.3, 0.4) is 0 Å². The number of rotatable bonds is 26. The van der Waals surface area contributed by atoms with Crippen LogP contribution in [0, 0.1) is 27.7 Å². The number of anilines is 6. The number of aromatic amines is 5. The summed E-state index contributed by atoms with van der Waals surface area (Å²) in [5.41, 5.74) is 50.6. The third kappa shape index (κ3) is 22.4. The Hall–Kier alpha value is -10.3. The van der Waals surface area contributed by atoms with E-state index in [0.29, 0.717) is 43.6 Å². The summed E-state index contributed by atoms with van der Waals surface area (Å²) in [6, 6.07) is 30.3. The first-order valence-electron chi connectivity index (χ1n) is 39.7. The molecule has 4 fully saturated rings. The number of ether oxygens (including phenoxy) is 8. The van der Waals surface area contributed by atoms with E-state index in [1.807, 2.05) is 102 Å². The molecule has 4 aliphatic heterocycles. The average molecular weight is 1570 g/mol. The van der Waals surface area contributed by atoms with E-state index in [1.165, 1.54) is 43.5 Å². The van der Waals surface area contributed by atoms with Crippen LogP contribution >= 0.6 is 0 Å². The highest BCUT2D eigenvalue weighted by Crippen LogP contribution is 2.37. The van der Waals surface area contributed by atoms with Crippen molar-refractivity contribution in [2.75, 3.05) is 225 Å². The van der Waals surface area contributed by atoms with Crippen molar-refractivity contribution in [1.29, 1.82) is 0 Å². The Morgan fingerprint density at radius 2 is 0.649 bits per heavy atom. The van der Waals surface area contributed by atoms with Crippen molar-refractivity contribution < 1.29 is 58.3 Å². The van der Waals surface area contributed by atoms with Crippen LogP contribution in [0.5, 0.6) is 34.5 Å². The molecule has 0 radical (unpaired) electrons. The molecule has 4 saturated heterocycles. The van der Waals surface area contributed by atoms with E-state index >= 15 is 0 Å². The SMILES string of the molecule is Cc1[nH]c2c(OCCN3CCN(CCO)CC3)ccc(N)c2c1C.Cc1[nH]c2c(OCCN3CCOCC3)ccc(N)c2c1C.Nc1ccc(OCCN2CCCCC2)c2[nH]ccc12.Nc1ccc(OCCN2CCOCC2)c2[nH]ccc12.Nc1ccc(OCCO)c2[nH]ccc12.Nc1ccc(OCCO)c2c1ccn2CCO. The van der Waals surface area contributed by atoms with Gasteiger partial charge in [0.2, 0.25) is 0 Å². The van der Waals surface area contributed by atoms with E-state index in [-0.39, 0.29) is 39.6 Å². The van der Waals surface area contributed by atoms with E-state index < -0.39 is 0 Å². The van der Waals surface area contributed by atoms with Crippen molar-refractivity contribution >= 4 is 99.5 Å². The molecule has 0 bridgehead atoms. The molecule has 0 spiro atoms. The summed E-state index contributed by atoms with van der Waals surface area (Å²) < 4.78 is 47.2. The predicted octanol–water partition coefficient (Wildman–Crippen LogP) is 9.22. The lowest BCUT2D eigenvalue weighted by Crippen LogP contribution is -2.48. The number of benzene rings is 6. The second-order valence-electron chi connectivity index (χ2n) is 28.7. The van der Waals surface area contributed by atoms with Gasteiger partial charge in [0, 0.05) is 194 Å². The number of piperazine rings is 1. The summed E-state index contributed by atoms with van der Waals surface area (Å²) in [6.45, 7) is 30.6. The number of aliphatic hydroxyl groups excluding tert-OH is 4. The van der Waals surface area contributed by atoms with Gasteiger partial charge in [-0.15, -0.1) is 0 Å². The zero-order chi connectivity index (χ0) is 80.3. The fourth-order valence-corrected chi connectivity index (χ4v) is 14.6. The van der Waals surface area contributed by atoms with Gasteiger partial charge in [-0.2, -0.15) is 0 Å². The topological polar surface area (TPSA) is 411 Å². The van der Waals surface area contributed by atoms with Crippen molar-refractivity contribution in [2.24, 2.45) is 0 Å². The van der Waals surface area contributed by atoms with Gasteiger partial charge in [-0.25, -0.2) is 0 Å². The van der Waals surface area contributed by atoms with E-state index in [2.05, 4.69) is 77.1 Å². The lowest BCUT2D eigenvalue weighted by molar-refractivity contribution is 0.0322. The van der Waals surface area contributed by atoms with Gasteiger partial charge >= 0.3 is 0 Å². The maximum Gasteiger partial charge on any atom is 0.143 e. The third-order valence-electron chi connectivity index (χ3n) is 21.2. The number of piperidine rings is 1. The van der Waals surface area contributed by atoms with Gasteiger partial charge in [0.25, 0.3) is 0 Å². The number of aromatic nitrogens is 6. The highest BCUT2D eigenvalue weighted by molar-refractivity contribution is 6.01. The van der Waals surface area contributed by atoms with Crippen molar-refractivity contribution in [3.8, 4) is 34.5 Å². The first kappa shape index (κ1) is 84.6. The van der Waals surface area contributed by atoms with Crippen molar-refractivity contribution in [3.63, 3.8) is 0 Å². The van der Waals surface area contributed by atoms with Gasteiger partial charge in [0.05, 0.1) is 86.0 Å². The Labute approximate surface area is 666 Å². The molecule has 616 valence electrons. The molecule has 12 aromatic rings. The number of nitrogens with one attached hydrogen (secondary N) is 5. The number of aryl methyl sites for hydroxylation is 4. The van der Waals surface area contributed by atoms with Gasteiger partial charge in [0.15, 0.2) is 0 Å². The number of nitrogens with two attached hydrogens (primary N) is 6. The van der Waals surface area contributed by atoms with Crippen LogP contribution < -0.4 is 62.8 Å². The molecule has 21 N–H and O–H groups in total. The highest BCUT2D eigenvalue weighted by Gasteiger charge is 2.21. The zero-order valence-corrected chi connectivity index (χ0v) is 66.6. The largest absolute Gasteiger partial charge is 0.490 e. The van der Waals surface area contributed by atoms with Crippen molar-refractivity contribution in [3.05, 3.63) is 144 Å². The lowest BCUT2D eigenvalue weighted by Gasteiger charge is -2.34. The third-order valence-corrected chi connectivity index (χ3v) is 21.2. The molecule has 0 unspecified atom stereocenters. The van der Waals surface area contributed by atoms with E-state index in [1.54, 1.807) is 24.3 Å². The minimum absolute atomic E-state index is 0.00653. The average Bonchev–Trinajstić information content (AvgIpc) is 1.63. The number of morpholine rings is 2. The van der Waals surface area contributed by atoms with Crippen LogP contribution in [0.4, 0.5) is 34.1 Å². The quantitative estimate of drug-likeness (QED) is 0.0224. The molecule has 0 atom stereocenters. The fourth-order valence-electron chi connectivity index (χ4n) is 14.6. The number of hydrogen-bond acceptors (Lipinski definition) is 23. The number of likely N-dealkylation sites (tertiary alicyclic amines) is 1. The van der Waals surface area contributed by atoms with Crippen LogP contribution in [0.1, 0.15) is 41.8 Å². The Morgan fingerprint density at radius 1 is 0.325 bits per heavy atom. The lowest BCUT2D eigenvalue weighted by atomic mass is 10.1. The number of fused-ring (bicyclic) bond motifs is 6. The van der Waals surface area contributed by atoms with E-state index in [9.17, 15) is 0 Å². The number of β-amino-alcohol motifs (C(OH)–C–C–N with tert-alkyl or cyclic N) is 1. The Kier molecular flexibility index (Phi) is 31.7. The second kappa shape index (κ2) is 42.7. The Bertz CT molecular complexity index is 4830. The molecule has 6 aromatic heterocycles. The predicted molar refractivity (Wildman–Crippen MR) is 458 cm³/mol. The monoisotopic (exact) mass is 1570 g/mol. The zero-order valence-electron chi connectivity index (χ0n) is 66.6. The first-order chi connectivity index (χ1) is 55.5. The summed E-state index contributed by atoms with van der Waals surface area (Å²) in [5, 5.41) is 41.5. The minimum Gasteiger partial charge on any atom is -0.490 e. The van der Waals surface area contributed by atoms with Gasteiger partial charge in [-0.05, 0) is 162 Å². The van der Waals surface area contributed by atoms with Crippen LogP contribution in [0.15, 0.2) is 122 Å². The van der Waals surface area contributed by atoms with Crippen molar-refractivity contribution in [2.45, 2.75) is 53.5 Å². The van der Waals surface area contributed by atoms with E-state index in [4.69, 9.17) is 92.7 Å². The van der Waals surface area contributed by atoms with E-state index in [0.717, 1.165) is 246 Å². The standard InChI is InChI=1S/C18H28N4O2.C16H23N3O2.C15H21N3O.C14H19N3O2.C12H16N2O3.C10H12N2O2/c1-13-14(2)20-18-16(4-3-15(19)17(13)18)24-12-10-22-7-5-21(6-8-22)9-11-23;1-11-12(2)18-16-14(4-3-13(17)15(11)16)21-10-7-19-5-8-20-9-6-19;16-13-4-5-14(15-12(13)6-7-17-15)19-11-10-18-8-2-1-3-9-18;15-12-1-2-13(14-11(12)3-4-16-14)19-10-7-17-5-8-18-9-6-17;13-10-1-2-11(17-8-7-16)12-9(10)3-4-14(12)5-6-15;11-8-1-2-9(14-6-5-13)10-7(8)3-4-12-10/h3-4,20,23H,5-12,19H2,1-2H3;3-4,18H,5-10,17H2,1-2H3;4-7,17H,1-3,8-11,16H2;1-4,16H,5-10,15H2;1-4,15-16H,5-8,13H2;1-4,12-13H,5-6,11H2. The summed E-state index contributed by atoms with van der Waals surface area (Å²) in [4.78, 5) is 28.1.